The first-order valence-corrected chi connectivity index (χ1v) is 10.3. The Bertz CT molecular complexity index is 496. The predicted octanol–water partition coefficient (Wildman–Crippen LogP) is 2.01. The first-order chi connectivity index (χ1) is 10.4. The van der Waals surface area contributed by atoms with Crippen LogP contribution >= 0.6 is 0 Å². The van der Waals surface area contributed by atoms with Crippen LogP contribution < -0.4 is 0 Å². The number of sulfone groups is 1. The zero-order valence-electron chi connectivity index (χ0n) is 14.0. The highest BCUT2D eigenvalue weighted by Gasteiger charge is 2.57. The molecule has 0 aromatic carbocycles. The van der Waals surface area contributed by atoms with Crippen LogP contribution in [-0.2, 0) is 19.4 Å². The molecule has 0 N–H and O–H groups in total. The summed E-state index contributed by atoms with van der Waals surface area (Å²) in [5.41, 5.74) is 0.0502. The van der Waals surface area contributed by atoms with E-state index in [-0.39, 0.29) is 35.0 Å². The highest BCUT2D eigenvalue weighted by molar-refractivity contribution is 7.92. The van der Waals surface area contributed by atoms with E-state index in [0.29, 0.717) is 6.61 Å². The van der Waals surface area contributed by atoms with Crippen LogP contribution in [0.4, 0.5) is 0 Å². The van der Waals surface area contributed by atoms with Gasteiger partial charge in [0.25, 0.3) is 0 Å². The molecule has 0 aromatic heterocycles. The second-order valence-corrected chi connectivity index (χ2v) is 9.02. The van der Waals surface area contributed by atoms with Crippen LogP contribution in [0.15, 0.2) is 0 Å². The Balaban J connectivity index is 2.08. The molecule has 2 atom stereocenters. The molecule has 0 aromatic rings. The van der Waals surface area contributed by atoms with Crippen molar-refractivity contribution in [2.45, 2.75) is 64.5 Å². The minimum atomic E-state index is -3.27. The first kappa shape index (κ1) is 17.7. The highest BCUT2D eigenvalue weighted by atomic mass is 32.2. The van der Waals surface area contributed by atoms with Crippen molar-refractivity contribution in [2.24, 2.45) is 5.41 Å². The molecule has 2 fully saturated rings. The molecule has 22 heavy (non-hydrogen) atoms. The van der Waals surface area contributed by atoms with Crippen LogP contribution in [0.5, 0.6) is 0 Å². The van der Waals surface area contributed by atoms with Gasteiger partial charge in [0.15, 0.2) is 9.84 Å². The summed E-state index contributed by atoms with van der Waals surface area (Å²) in [7, 11) is -1.51. The number of nitrogens with zero attached hydrogens (tertiary/aromatic N) is 1. The van der Waals surface area contributed by atoms with E-state index in [0.717, 1.165) is 19.3 Å². The molecule has 0 unspecified atom stereocenters. The molecule has 0 bridgehead atoms. The van der Waals surface area contributed by atoms with Gasteiger partial charge in [-0.2, -0.15) is 0 Å². The molecule has 2 saturated carbocycles. The van der Waals surface area contributed by atoms with Crippen molar-refractivity contribution < 1.29 is 17.9 Å². The molecule has 1 spiro atoms. The number of amides is 1. The van der Waals surface area contributed by atoms with Crippen LogP contribution in [0, 0.1) is 5.41 Å². The van der Waals surface area contributed by atoms with Gasteiger partial charge in [-0.3, -0.25) is 4.79 Å². The third kappa shape index (κ3) is 3.32. The molecule has 128 valence electrons. The summed E-state index contributed by atoms with van der Waals surface area (Å²) < 4.78 is 29.3. The van der Waals surface area contributed by atoms with Crippen molar-refractivity contribution in [1.29, 1.82) is 0 Å². The maximum atomic E-state index is 12.3. The van der Waals surface area contributed by atoms with Crippen molar-refractivity contribution >= 4 is 15.7 Å². The molecule has 0 aliphatic heterocycles. The van der Waals surface area contributed by atoms with Gasteiger partial charge in [0.1, 0.15) is 5.75 Å². The highest BCUT2D eigenvalue weighted by Crippen LogP contribution is 2.55. The number of hydrogen-bond donors (Lipinski definition) is 0. The summed E-state index contributed by atoms with van der Waals surface area (Å²) in [6.45, 7) is 4.28. The topological polar surface area (TPSA) is 63.7 Å². The molecule has 2 rings (SSSR count). The lowest BCUT2D eigenvalue weighted by Crippen LogP contribution is -2.66. The third-order valence-corrected chi connectivity index (χ3v) is 7.11. The van der Waals surface area contributed by atoms with Crippen molar-refractivity contribution in [1.82, 2.24) is 4.90 Å². The normalized spacial score (nSPS) is 27.4. The number of rotatable bonds is 6. The smallest absolute Gasteiger partial charge is 0.237 e. The van der Waals surface area contributed by atoms with E-state index < -0.39 is 9.84 Å². The van der Waals surface area contributed by atoms with Gasteiger partial charge in [-0.15, -0.1) is 0 Å². The molecule has 2 aliphatic carbocycles. The first-order valence-electron chi connectivity index (χ1n) is 8.44. The molecule has 6 heteroatoms. The standard InChI is InChI=1S/C16H29NO4S/c1-4-21-14-11-13(16(14)9-7-6-8-10-16)17(3)15(18)12-22(19,20)5-2/h13-14H,4-12H2,1-3H3/t13-,14+/m1/s1. The summed E-state index contributed by atoms with van der Waals surface area (Å²) in [5.74, 6) is -0.623. The van der Waals surface area contributed by atoms with Gasteiger partial charge in [-0.25, -0.2) is 8.42 Å². The number of hydrogen-bond acceptors (Lipinski definition) is 4. The third-order valence-electron chi connectivity index (χ3n) is 5.54. The van der Waals surface area contributed by atoms with Crippen molar-refractivity contribution in [2.75, 3.05) is 25.2 Å². The van der Waals surface area contributed by atoms with E-state index in [1.807, 2.05) is 6.92 Å². The lowest BCUT2D eigenvalue weighted by atomic mass is 9.54. The van der Waals surface area contributed by atoms with Gasteiger partial charge >= 0.3 is 0 Å². The number of carbonyl (C=O) groups is 1. The van der Waals surface area contributed by atoms with Gasteiger partial charge in [-0.1, -0.05) is 26.2 Å². The maximum absolute atomic E-state index is 12.3. The second-order valence-electron chi connectivity index (χ2n) is 6.67. The van der Waals surface area contributed by atoms with Crippen molar-refractivity contribution in [3.63, 3.8) is 0 Å². The van der Waals surface area contributed by atoms with Crippen LogP contribution in [-0.4, -0.2) is 56.5 Å². The molecule has 0 radical (unpaired) electrons. The zero-order valence-corrected chi connectivity index (χ0v) is 14.8. The van der Waals surface area contributed by atoms with Gasteiger partial charge < -0.3 is 9.64 Å². The number of ether oxygens (including phenoxy) is 1. The summed E-state index contributed by atoms with van der Waals surface area (Å²) in [6, 6.07) is 0.129. The van der Waals surface area contributed by atoms with E-state index in [1.165, 1.54) is 19.3 Å². The SMILES string of the molecule is CCO[C@H]1C[C@@H](N(C)C(=O)CS(=O)(=O)CC)C12CCCCC2. The van der Waals surface area contributed by atoms with E-state index in [4.69, 9.17) is 4.74 Å². The van der Waals surface area contributed by atoms with E-state index in [2.05, 4.69) is 0 Å². The Hall–Kier alpha value is -0.620. The zero-order chi connectivity index (χ0) is 16.4. The Morgan fingerprint density at radius 3 is 2.41 bits per heavy atom. The molecule has 5 nitrogen and oxygen atoms in total. The molecule has 2 aliphatic rings. The van der Waals surface area contributed by atoms with Crippen LogP contribution in [0.2, 0.25) is 0 Å². The molecule has 0 saturated heterocycles. The summed E-state index contributed by atoms with van der Waals surface area (Å²) in [5, 5.41) is 0. The maximum Gasteiger partial charge on any atom is 0.237 e. The number of carbonyl (C=O) groups excluding carboxylic acids is 1. The fourth-order valence-electron chi connectivity index (χ4n) is 4.14. The van der Waals surface area contributed by atoms with Gasteiger partial charge in [0.2, 0.25) is 5.91 Å². The van der Waals surface area contributed by atoms with Gasteiger partial charge in [-0.05, 0) is 26.2 Å². The minimum Gasteiger partial charge on any atom is -0.378 e. The summed E-state index contributed by atoms with van der Waals surface area (Å²) in [6.07, 6.45) is 6.82. The Morgan fingerprint density at radius 1 is 1.23 bits per heavy atom. The van der Waals surface area contributed by atoms with E-state index in [1.54, 1.807) is 18.9 Å². The summed E-state index contributed by atoms with van der Waals surface area (Å²) in [4.78, 5) is 14.0. The fourth-order valence-corrected chi connectivity index (χ4v) is 4.92. The lowest BCUT2D eigenvalue weighted by molar-refractivity contribution is -0.183. The van der Waals surface area contributed by atoms with Crippen LogP contribution in [0.1, 0.15) is 52.4 Å². The molecular formula is C16H29NO4S. The van der Waals surface area contributed by atoms with Gasteiger partial charge in [0, 0.05) is 30.9 Å². The Labute approximate surface area is 134 Å². The molecular weight excluding hydrogens is 302 g/mol. The summed E-state index contributed by atoms with van der Waals surface area (Å²) >= 11 is 0. The Kier molecular flexibility index (Phi) is 5.54. The van der Waals surface area contributed by atoms with Gasteiger partial charge in [0.05, 0.1) is 6.10 Å². The van der Waals surface area contributed by atoms with Crippen molar-refractivity contribution in [3.8, 4) is 0 Å². The monoisotopic (exact) mass is 331 g/mol. The molecule has 0 heterocycles. The predicted molar refractivity (Wildman–Crippen MR) is 86.4 cm³/mol. The molecule has 1 amide bonds. The lowest BCUT2D eigenvalue weighted by Gasteiger charge is -2.60. The largest absolute Gasteiger partial charge is 0.378 e. The average molecular weight is 331 g/mol. The van der Waals surface area contributed by atoms with E-state index in [9.17, 15) is 13.2 Å². The fraction of sp³-hybridized carbons (Fsp3) is 0.938. The minimum absolute atomic E-state index is 0.0178. The Morgan fingerprint density at radius 2 is 1.86 bits per heavy atom. The quantitative estimate of drug-likeness (QED) is 0.747. The van der Waals surface area contributed by atoms with Crippen LogP contribution in [0.25, 0.3) is 0 Å². The second kappa shape index (κ2) is 6.87. The van der Waals surface area contributed by atoms with Crippen molar-refractivity contribution in [3.05, 3.63) is 0 Å². The van der Waals surface area contributed by atoms with E-state index >= 15 is 0 Å². The van der Waals surface area contributed by atoms with Crippen LogP contribution in [0.3, 0.4) is 0 Å². The average Bonchev–Trinajstić information content (AvgIpc) is 2.51.